The number of esters is 1. The van der Waals surface area contributed by atoms with Crippen molar-refractivity contribution in [1.29, 1.82) is 5.26 Å². The van der Waals surface area contributed by atoms with Crippen molar-refractivity contribution >= 4 is 11.7 Å². The molecule has 118 valence electrons. The minimum absolute atomic E-state index is 0.191. The Morgan fingerprint density at radius 1 is 1.22 bits per heavy atom. The van der Waals surface area contributed by atoms with Crippen molar-refractivity contribution in [3.63, 3.8) is 0 Å². The first kappa shape index (κ1) is 16.6. The van der Waals surface area contributed by atoms with Crippen molar-refractivity contribution in [3.8, 4) is 17.2 Å². The highest BCUT2D eigenvalue weighted by molar-refractivity contribution is 5.74. The second kappa shape index (κ2) is 7.46. The Labute approximate surface area is 136 Å². The first-order valence-electron chi connectivity index (χ1n) is 7.45. The summed E-state index contributed by atoms with van der Waals surface area (Å²) >= 11 is 0. The van der Waals surface area contributed by atoms with E-state index in [1.807, 2.05) is 67.4 Å². The largest absolute Gasteiger partial charge is 0.469 e. The molecular formula is C19H20N2O2. The molecule has 0 heterocycles. The molecule has 0 radical (unpaired) electrons. The van der Waals surface area contributed by atoms with Gasteiger partial charge < -0.3 is 9.64 Å². The van der Waals surface area contributed by atoms with E-state index in [0.29, 0.717) is 12.1 Å². The summed E-state index contributed by atoms with van der Waals surface area (Å²) in [6, 6.07) is 17.7. The van der Waals surface area contributed by atoms with Gasteiger partial charge in [-0.15, -0.1) is 0 Å². The zero-order chi connectivity index (χ0) is 16.8. The number of benzene rings is 2. The molecule has 0 spiro atoms. The van der Waals surface area contributed by atoms with Crippen LogP contribution < -0.4 is 4.90 Å². The van der Waals surface area contributed by atoms with Crippen LogP contribution in [0.4, 0.5) is 5.69 Å². The lowest BCUT2D eigenvalue weighted by Crippen LogP contribution is -2.29. The predicted molar refractivity (Wildman–Crippen MR) is 91.0 cm³/mol. The van der Waals surface area contributed by atoms with Crippen molar-refractivity contribution in [2.24, 2.45) is 5.92 Å². The van der Waals surface area contributed by atoms with Crippen LogP contribution in [-0.4, -0.2) is 26.7 Å². The Balaban J connectivity index is 2.16. The van der Waals surface area contributed by atoms with Gasteiger partial charge in [0.15, 0.2) is 0 Å². The molecule has 4 nitrogen and oxygen atoms in total. The summed E-state index contributed by atoms with van der Waals surface area (Å²) in [7, 11) is 3.35. The number of methoxy groups -OCH3 is 1. The first-order valence-corrected chi connectivity index (χ1v) is 7.45. The molecule has 0 fully saturated rings. The first-order chi connectivity index (χ1) is 11.1. The van der Waals surface area contributed by atoms with Gasteiger partial charge in [0, 0.05) is 19.3 Å². The number of nitrogens with zero attached hydrogens (tertiary/aromatic N) is 2. The highest BCUT2D eigenvalue weighted by Gasteiger charge is 2.15. The second-order valence-electron chi connectivity index (χ2n) is 5.51. The Kier molecular flexibility index (Phi) is 5.37. The van der Waals surface area contributed by atoms with Crippen LogP contribution in [0.5, 0.6) is 0 Å². The molecule has 23 heavy (non-hydrogen) atoms. The van der Waals surface area contributed by atoms with Gasteiger partial charge in [0.25, 0.3) is 0 Å². The summed E-state index contributed by atoms with van der Waals surface area (Å²) in [6.07, 6.45) is 0. The molecule has 2 aromatic carbocycles. The van der Waals surface area contributed by atoms with Crippen LogP contribution in [-0.2, 0) is 9.53 Å². The van der Waals surface area contributed by atoms with Gasteiger partial charge in [0.05, 0.1) is 24.7 Å². The molecule has 0 amide bonds. The topological polar surface area (TPSA) is 53.3 Å². The lowest BCUT2D eigenvalue weighted by atomic mass is 10.00. The molecule has 0 saturated carbocycles. The van der Waals surface area contributed by atoms with Crippen LogP contribution >= 0.6 is 0 Å². The Morgan fingerprint density at radius 3 is 2.48 bits per heavy atom. The van der Waals surface area contributed by atoms with Crippen LogP contribution in [0, 0.1) is 17.2 Å². The average molecular weight is 308 g/mol. The summed E-state index contributed by atoms with van der Waals surface area (Å²) in [5.74, 6) is -0.402. The molecule has 0 aliphatic carbocycles. The normalized spacial score (nSPS) is 11.4. The van der Waals surface area contributed by atoms with Crippen molar-refractivity contribution in [2.45, 2.75) is 6.92 Å². The number of carbonyl (C=O) groups is 1. The van der Waals surface area contributed by atoms with Crippen LogP contribution in [0.15, 0.2) is 48.5 Å². The van der Waals surface area contributed by atoms with Crippen molar-refractivity contribution < 1.29 is 9.53 Å². The minimum Gasteiger partial charge on any atom is -0.469 e. The third-order valence-electron chi connectivity index (χ3n) is 3.82. The predicted octanol–water partition coefficient (Wildman–Crippen LogP) is 3.47. The van der Waals surface area contributed by atoms with E-state index in [9.17, 15) is 10.1 Å². The van der Waals surface area contributed by atoms with Gasteiger partial charge >= 0.3 is 5.97 Å². The van der Waals surface area contributed by atoms with E-state index >= 15 is 0 Å². The van der Waals surface area contributed by atoms with E-state index in [1.165, 1.54) is 7.11 Å². The lowest BCUT2D eigenvalue weighted by Gasteiger charge is -2.22. The molecule has 1 unspecified atom stereocenters. The molecule has 0 saturated heterocycles. The zero-order valence-electron chi connectivity index (χ0n) is 13.6. The Hall–Kier alpha value is -2.80. The van der Waals surface area contributed by atoms with Crippen LogP contribution in [0.25, 0.3) is 11.1 Å². The highest BCUT2D eigenvalue weighted by atomic mass is 16.5. The van der Waals surface area contributed by atoms with Gasteiger partial charge in [0.1, 0.15) is 0 Å². The van der Waals surface area contributed by atoms with Crippen molar-refractivity contribution in [1.82, 2.24) is 0 Å². The van der Waals surface area contributed by atoms with Crippen LogP contribution in [0.2, 0.25) is 0 Å². The molecule has 0 N–H and O–H groups in total. The van der Waals surface area contributed by atoms with E-state index in [2.05, 4.69) is 6.07 Å². The van der Waals surface area contributed by atoms with E-state index in [0.717, 1.165) is 16.8 Å². The third-order valence-corrected chi connectivity index (χ3v) is 3.82. The molecule has 0 aliphatic heterocycles. The fourth-order valence-corrected chi connectivity index (χ4v) is 2.52. The summed E-state index contributed by atoms with van der Waals surface area (Å²) in [6.45, 7) is 2.43. The lowest BCUT2D eigenvalue weighted by molar-refractivity contribution is -0.144. The van der Waals surface area contributed by atoms with E-state index in [1.54, 1.807) is 0 Å². The number of nitriles is 1. The summed E-state index contributed by atoms with van der Waals surface area (Å²) in [4.78, 5) is 13.5. The van der Waals surface area contributed by atoms with Crippen molar-refractivity contribution in [2.75, 3.05) is 25.6 Å². The molecule has 2 rings (SSSR count). The molecule has 0 aromatic heterocycles. The van der Waals surface area contributed by atoms with Gasteiger partial charge in [-0.3, -0.25) is 4.79 Å². The monoisotopic (exact) mass is 308 g/mol. The molecular weight excluding hydrogens is 288 g/mol. The van der Waals surface area contributed by atoms with E-state index in [-0.39, 0.29) is 11.9 Å². The maximum absolute atomic E-state index is 11.5. The number of anilines is 1. The van der Waals surface area contributed by atoms with Gasteiger partial charge in [-0.25, -0.2) is 0 Å². The minimum atomic E-state index is -0.212. The van der Waals surface area contributed by atoms with Gasteiger partial charge in [-0.2, -0.15) is 5.26 Å². The number of hydrogen-bond donors (Lipinski definition) is 0. The zero-order valence-corrected chi connectivity index (χ0v) is 13.6. The molecule has 1 atom stereocenters. The van der Waals surface area contributed by atoms with E-state index in [4.69, 9.17) is 4.74 Å². The number of carbonyl (C=O) groups excluding carboxylic acids is 1. The maximum atomic E-state index is 11.5. The van der Waals surface area contributed by atoms with Crippen molar-refractivity contribution in [3.05, 3.63) is 54.1 Å². The smallest absolute Gasteiger partial charge is 0.310 e. The summed E-state index contributed by atoms with van der Waals surface area (Å²) < 4.78 is 4.76. The molecule has 0 bridgehead atoms. The second-order valence-corrected chi connectivity index (χ2v) is 5.51. The maximum Gasteiger partial charge on any atom is 0.310 e. The third kappa shape index (κ3) is 3.89. The molecule has 4 heteroatoms. The Morgan fingerprint density at radius 2 is 1.87 bits per heavy atom. The van der Waals surface area contributed by atoms with E-state index < -0.39 is 0 Å². The molecule has 2 aromatic rings. The van der Waals surface area contributed by atoms with Gasteiger partial charge in [-0.05, 0) is 29.3 Å². The fraction of sp³-hybridized carbons (Fsp3) is 0.263. The Bertz CT molecular complexity index is 717. The van der Waals surface area contributed by atoms with Gasteiger partial charge in [0.2, 0.25) is 0 Å². The fourth-order valence-electron chi connectivity index (χ4n) is 2.52. The van der Waals surface area contributed by atoms with Gasteiger partial charge in [-0.1, -0.05) is 37.3 Å². The number of rotatable bonds is 5. The summed E-state index contributed by atoms with van der Waals surface area (Å²) in [5, 5.41) is 9.20. The standard InChI is InChI=1S/C19H20N2O2/c1-14(19(22)23-3)13-21(2)17-10-8-15(9-11-17)18-7-5-4-6-16(18)12-20/h4-11,14H,13H2,1-3H3. The van der Waals surface area contributed by atoms with Crippen LogP contribution in [0.3, 0.4) is 0 Å². The number of ether oxygens (including phenoxy) is 1. The molecule has 0 aliphatic rings. The average Bonchev–Trinajstić information content (AvgIpc) is 2.60. The highest BCUT2D eigenvalue weighted by Crippen LogP contribution is 2.25. The SMILES string of the molecule is COC(=O)C(C)CN(C)c1ccc(-c2ccccc2C#N)cc1. The van der Waals surface area contributed by atoms with Crippen LogP contribution in [0.1, 0.15) is 12.5 Å². The quantitative estimate of drug-likeness (QED) is 0.794. The number of hydrogen-bond acceptors (Lipinski definition) is 4. The summed E-state index contributed by atoms with van der Waals surface area (Å²) in [5.41, 5.74) is 3.60.